The topological polar surface area (TPSA) is 70.8 Å². The minimum atomic E-state index is 0.250. The first-order chi connectivity index (χ1) is 8.36. The maximum Gasteiger partial charge on any atom is 0.236 e. The van der Waals surface area contributed by atoms with Crippen LogP contribution >= 0.6 is 0 Å². The fraction of sp³-hybridized carbons (Fsp3) is 0.909. The van der Waals surface area contributed by atoms with E-state index >= 15 is 0 Å². The minimum Gasteiger partial charge on any atom is -0.378 e. The van der Waals surface area contributed by atoms with E-state index in [0.29, 0.717) is 19.8 Å². The smallest absolute Gasteiger partial charge is 0.236 e. The van der Waals surface area contributed by atoms with E-state index in [0.717, 1.165) is 39.3 Å². The van der Waals surface area contributed by atoms with E-state index in [1.165, 1.54) is 7.05 Å². The molecule has 17 heavy (non-hydrogen) atoms. The molecule has 0 bridgehead atoms. The molecule has 100 valence electrons. The molecule has 0 unspecified atom stereocenters. The molecular formula is C11H24N4O2. The zero-order valence-corrected chi connectivity index (χ0v) is 10.7. The lowest BCUT2D eigenvalue weighted by molar-refractivity contribution is -0.136. The van der Waals surface area contributed by atoms with Crippen LogP contribution in [0.25, 0.3) is 0 Å². The lowest BCUT2D eigenvalue weighted by Crippen LogP contribution is -2.50. The average molecular weight is 244 g/mol. The molecule has 0 radical (unpaired) electrons. The van der Waals surface area contributed by atoms with Crippen LogP contribution in [-0.4, -0.2) is 81.8 Å². The van der Waals surface area contributed by atoms with E-state index in [-0.39, 0.29) is 5.91 Å². The fourth-order valence-electron chi connectivity index (χ4n) is 1.97. The number of amides is 1. The van der Waals surface area contributed by atoms with E-state index in [2.05, 4.69) is 16.0 Å². The standard InChI is InChI=1S/C10H19N3O2.CH5N/c14-10(13-5-7-15-8-6-13)9-12-3-1-11-2-4-12;1-2/h11H,1-9H2;2H2,1H3. The SMILES string of the molecule is CN.O=C(CN1CCNCC1)N1CCOCC1. The molecule has 2 saturated heterocycles. The molecule has 0 saturated carbocycles. The highest BCUT2D eigenvalue weighted by molar-refractivity contribution is 5.78. The number of ether oxygens (including phenoxy) is 1. The van der Waals surface area contributed by atoms with Gasteiger partial charge in [0.05, 0.1) is 19.8 Å². The highest BCUT2D eigenvalue weighted by Gasteiger charge is 2.20. The number of carbonyl (C=O) groups is 1. The number of rotatable bonds is 2. The van der Waals surface area contributed by atoms with Crippen molar-refractivity contribution in [1.82, 2.24) is 15.1 Å². The summed E-state index contributed by atoms with van der Waals surface area (Å²) in [6, 6.07) is 0. The molecule has 6 heteroatoms. The Morgan fingerprint density at radius 3 is 2.35 bits per heavy atom. The van der Waals surface area contributed by atoms with E-state index in [1.54, 1.807) is 0 Å². The van der Waals surface area contributed by atoms with Gasteiger partial charge in [0.1, 0.15) is 0 Å². The predicted octanol–water partition coefficient (Wildman–Crippen LogP) is -1.67. The van der Waals surface area contributed by atoms with Crippen LogP contribution in [0.1, 0.15) is 0 Å². The number of piperazine rings is 1. The summed E-state index contributed by atoms with van der Waals surface area (Å²) in [5, 5.41) is 3.28. The molecule has 0 aliphatic carbocycles. The number of hydrogen-bond acceptors (Lipinski definition) is 5. The summed E-state index contributed by atoms with van der Waals surface area (Å²) in [7, 11) is 1.50. The molecule has 6 nitrogen and oxygen atoms in total. The summed E-state index contributed by atoms with van der Waals surface area (Å²) in [5.41, 5.74) is 4.50. The summed E-state index contributed by atoms with van der Waals surface area (Å²) in [6.07, 6.45) is 0. The zero-order chi connectivity index (χ0) is 12.5. The van der Waals surface area contributed by atoms with Crippen LogP contribution in [0, 0.1) is 0 Å². The van der Waals surface area contributed by atoms with Gasteiger partial charge in [-0.2, -0.15) is 0 Å². The second-order valence-corrected chi connectivity index (χ2v) is 4.02. The minimum absolute atomic E-state index is 0.250. The average Bonchev–Trinajstić information content (AvgIpc) is 2.43. The Morgan fingerprint density at radius 2 is 1.76 bits per heavy atom. The quantitative estimate of drug-likeness (QED) is 0.607. The van der Waals surface area contributed by atoms with Crippen LogP contribution in [0.4, 0.5) is 0 Å². The highest BCUT2D eigenvalue weighted by atomic mass is 16.5. The van der Waals surface area contributed by atoms with E-state index in [9.17, 15) is 4.79 Å². The number of nitrogens with one attached hydrogen (secondary N) is 1. The van der Waals surface area contributed by atoms with Gasteiger partial charge in [-0.1, -0.05) is 0 Å². The van der Waals surface area contributed by atoms with Crippen molar-refractivity contribution >= 4 is 5.91 Å². The van der Waals surface area contributed by atoms with Crippen molar-refractivity contribution in [3.05, 3.63) is 0 Å². The molecule has 0 aromatic carbocycles. The summed E-state index contributed by atoms with van der Waals surface area (Å²) in [6.45, 7) is 7.41. The summed E-state index contributed by atoms with van der Waals surface area (Å²) in [4.78, 5) is 16.0. The number of nitrogens with two attached hydrogens (primary N) is 1. The number of carbonyl (C=O) groups excluding carboxylic acids is 1. The molecule has 2 rings (SSSR count). The molecule has 0 aromatic heterocycles. The maximum atomic E-state index is 11.9. The molecule has 1 amide bonds. The molecule has 2 fully saturated rings. The second-order valence-electron chi connectivity index (χ2n) is 4.02. The van der Waals surface area contributed by atoms with Gasteiger partial charge in [-0.25, -0.2) is 0 Å². The first-order valence-corrected chi connectivity index (χ1v) is 6.22. The number of morpholine rings is 1. The Kier molecular flexibility index (Phi) is 7.11. The lowest BCUT2D eigenvalue weighted by atomic mass is 10.3. The molecule has 0 aromatic rings. The molecule has 0 spiro atoms. The first-order valence-electron chi connectivity index (χ1n) is 6.22. The fourth-order valence-corrected chi connectivity index (χ4v) is 1.97. The van der Waals surface area contributed by atoms with Gasteiger partial charge in [-0.3, -0.25) is 9.69 Å². The summed E-state index contributed by atoms with van der Waals surface area (Å²) in [5.74, 6) is 0.250. The molecule has 3 N–H and O–H groups in total. The number of hydrogen-bond donors (Lipinski definition) is 2. The van der Waals surface area contributed by atoms with Crippen molar-refractivity contribution in [2.75, 3.05) is 66.1 Å². The third-order valence-electron chi connectivity index (χ3n) is 2.93. The van der Waals surface area contributed by atoms with Crippen molar-refractivity contribution in [2.45, 2.75) is 0 Å². The predicted molar refractivity (Wildman–Crippen MR) is 66.8 cm³/mol. The van der Waals surface area contributed by atoms with Crippen LogP contribution in [0.5, 0.6) is 0 Å². The molecule has 0 atom stereocenters. The molecule has 2 aliphatic rings. The van der Waals surface area contributed by atoms with Crippen LogP contribution in [-0.2, 0) is 9.53 Å². The Labute approximate surface area is 103 Å². The van der Waals surface area contributed by atoms with Gasteiger partial charge in [0.2, 0.25) is 5.91 Å². The molecule has 2 aliphatic heterocycles. The van der Waals surface area contributed by atoms with E-state index < -0.39 is 0 Å². The third kappa shape index (κ3) is 4.99. The van der Waals surface area contributed by atoms with Crippen molar-refractivity contribution in [1.29, 1.82) is 0 Å². The Hall–Kier alpha value is -0.690. The van der Waals surface area contributed by atoms with Gasteiger partial charge in [0, 0.05) is 39.3 Å². The van der Waals surface area contributed by atoms with Gasteiger partial charge in [-0.05, 0) is 7.05 Å². The maximum absolute atomic E-state index is 11.9. The zero-order valence-electron chi connectivity index (χ0n) is 10.7. The largest absolute Gasteiger partial charge is 0.378 e. The van der Waals surface area contributed by atoms with E-state index in [1.807, 2.05) is 4.90 Å². The third-order valence-corrected chi connectivity index (χ3v) is 2.93. The highest BCUT2D eigenvalue weighted by Crippen LogP contribution is 2.00. The van der Waals surface area contributed by atoms with E-state index in [4.69, 9.17) is 4.74 Å². The monoisotopic (exact) mass is 244 g/mol. The normalized spacial score (nSPS) is 21.6. The van der Waals surface area contributed by atoms with Crippen LogP contribution in [0.15, 0.2) is 0 Å². The molecule has 2 heterocycles. The van der Waals surface area contributed by atoms with Crippen molar-refractivity contribution in [3.8, 4) is 0 Å². The van der Waals surface area contributed by atoms with Gasteiger partial charge in [0.25, 0.3) is 0 Å². The number of nitrogens with zero attached hydrogens (tertiary/aromatic N) is 2. The van der Waals surface area contributed by atoms with Crippen molar-refractivity contribution in [2.24, 2.45) is 5.73 Å². The van der Waals surface area contributed by atoms with Gasteiger partial charge >= 0.3 is 0 Å². The van der Waals surface area contributed by atoms with Gasteiger partial charge in [0.15, 0.2) is 0 Å². The Balaban J connectivity index is 0.000000686. The van der Waals surface area contributed by atoms with Crippen molar-refractivity contribution in [3.63, 3.8) is 0 Å². The molecular weight excluding hydrogens is 220 g/mol. The van der Waals surface area contributed by atoms with Crippen molar-refractivity contribution < 1.29 is 9.53 Å². The van der Waals surface area contributed by atoms with Crippen LogP contribution < -0.4 is 11.1 Å². The summed E-state index contributed by atoms with van der Waals surface area (Å²) < 4.78 is 5.22. The van der Waals surface area contributed by atoms with Gasteiger partial charge < -0.3 is 20.7 Å². The van der Waals surface area contributed by atoms with Gasteiger partial charge in [-0.15, -0.1) is 0 Å². The first kappa shape index (κ1) is 14.4. The Bertz CT molecular complexity index is 214. The lowest BCUT2D eigenvalue weighted by Gasteiger charge is -2.31. The summed E-state index contributed by atoms with van der Waals surface area (Å²) >= 11 is 0. The van der Waals surface area contributed by atoms with Crippen LogP contribution in [0.2, 0.25) is 0 Å². The van der Waals surface area contributed by atoms with Crippen LogP contribution in [0.3, 0.4) is 0 Å². The second kappa shape index (κ2) is 8.41. The Morgan fingerprint density at radius 1 is 1.18 bits per heavy atom.